The third-order valence-electron chi connectivity index (χ3n) is 2.75. The molecule has 0 radical (unpaired) electrons. The minimum atomic E-state index is -0.557. The fourth-order valence-electron chi connectivity index (χ4n) is 1.79. The SMILES string of the molecule is Cc1ccc(C=C2N=C(c3ccc(F)cc3)OC2=O)o1. The number of aryl methyl sites for hydroxylation is 1. The maximum atomic E-state index is 12.8. The van der Waals surface area contributed by atoms with E-state index in [-0.39, 0.29) is 17.4 Å². The van der Waals surface area contributed by atoms with Gasteiger partial charge >= 0.3 is 5.97 Å². The number of cyclic esters (lactones) is 1. The molecule has 3 rings (SSSR count). The van der Waals surface area contributed by atoms with E-state index < -0.39 is 5.97 Å². The average molecular weight is 271 g/mol. The normalized spacial score (nSPS) is 16.4. The molecule has 5 heteroatoms. The standard InChI is InChI=1S/C15H10FNO3/c1-9-2-7-12(19-9)8-13-15(18)20-14(17-13)10-3-5-11(16)6-4-10/h2-8H,1H3. The van der Waals surface area contributed by atoms with Gasteiger partial charge in [-0.2, -0.15) is 0 Å². The van der Waals surface area contributed by atoms with E-state index in [4.69, 9.17) is 9.15 Å². The third-order valence-corrected chi connectivity index (χ3v) is 2.75. The van der Waals surface area contributed by atoms with E-state index in [0.717, 1.165) is 5.76 Å². The molecule has 0 unspecified atom stereocenters. The Morgan fingerprint density at radius 1 is 1.15 bits per heavy atom. The van der Waals surface area contributed by atoms with E-state index in [1.54, 1.807) is 12.1 Å². The molecule has 0 N–H and O–H groups in total. The molecular weight excluding hydrogens is 261 g/mol. The van der Waals surface area contributed by atoms with Gasteiger partial charge in [0.05, 0.1) is 0 Å². The van der Waals surface area contributed by atoms with Crippen molar-refractivity contribution in [3.63, 3.8) is 0 Å². The summed E-state index contributed by atoms with van der Waals surface area (Å²) in [5.74, 6) is 0.507. The summed E-state index contributed by atoms with van der Waals surface area (Å²) < 4.78 is 23.3. The minimum Gasteiger partial charge on any atom is -0.462 e. The lowest BCUT2D eigenvalue weighted by atomic mass is 10.2. The fourth-order valence-corrected chi connectivity index (χ4v) is 1.79. The van der Waals surface area contributed by atoms with Crippen molar-refractivity contribution in [3.8, 4) is 0 Å². The second kappa shape index (κ2) is 4.77. The van der Waals surface area contributed by atoms with Crippen LogP contribution < -0.4 is 0 Å². The van der Waals surface area contributed by atoms with Crippen LogP contribution in [0.5, 0.6) is 0 Å². The molecule has 0 spiro atoms. The molecule has 1 aromatic heterocycles. The summed E-state index contributed by atoms with van der Waals surface area (Å²) in [5.41, 5.74) is 0.692. The van der Waals surface area contributed by atoms with Crippen LogP contribution in [-0.4, -0.2) is 11.9 Å². The molecule has 1 aliphatic heterocycles. The smallest absolute Gasteiger partial charge is 0.363 e. The number of ether oxygens (including phenoxy) is 1. The van der Waals surface area contributed by atoms with Gasteiger partial charge in [-0.25, -0.2) is 14.2 Å². The quantitative estimate of drug-likeness (QED) is 0.623. The largest absolute Gasteiger partial charge is 0.462 e. The molecule has 0 fully saturated rings. The molecule has 2 aromatic rings. The summed E-state index contributed by atoms with van der Waals surface area (Å²) in [4.78, 5) is 15.8. The van der Waals surface area contributed by atoms with Gasteiger partial charge in [-0.1, -0.05) is 0 Å². The summed E-state index contributed by atoms with van der Waals surface area (Å²) >= 11 is 0. The van der Waals surface area contributed by atoms with Gasteiger partial charge in [0.2, 0.25) is 5.90 Å². The molecule has 0 aliphatic carbocycles. The van der Waals surface area contributed by atoms with Crippen molar-refractivity contribution in [1.82, 2.24) is 0 Å². The van der Waals surface area contributed by atoms with Crippen LogP contribution >= 0.6 is 0 Å². The molecule has 2 heterocycles. The van der Waals surface area contributed by atoms with Crippen LogP contribution in [0.15, 0.2) is 51.5 Å². The number of esters is 1. The second-order valence-electron chi connectivity index (χ2n) is 4.29. The van der Waals surface area contributed by atoms with Crippen molar-refractivity contribution in [2.45, 2.75) is 6.92 Å². The summed E-state index contributed by atoms with van der Waals surface area (Å²) in [5, 5.41) is 0. The zero-order chi connectivity index (χ0) is 14.1. The number of hydrogen-bond acceptors (Lipinski definition) is 4. The van der Waals surface area contributed by atoms with E-state index in [2.05, 4.69) is 4.99 Å². The zero-order valence-electron chi connectivity index (χ0n) is 10.6. The molecule has 0 saturated carbocycles. The van der Waals surface area contributed by atoms with Crippen LogP contribution in [0.1, 0.15) is 17.1 Å². The van der Waals surface area contributed by atoms with Gasteiger partial charge in [0.15, 0.2) is 5.70 Å². The van der Waals surface area contributed by atoms with Gasteiger partial charge in [-0.15, -0.1) is 0 Å². The fraction of sp³-hybridized carbons (Fsp3) is 0.0667. The van der Waals surface area contributed by atoms with E-state index >= 15 is 0 Å². The van der Waals surface area contributed by atoms with Crippen molar-refractivity contribution in [2.75, 3.05) is 0 Å². The van der Waals surface area contributed by atoms with Crippen LogP contribution in [0.2, 0.25) is 0 Å². The summed E-state index contributed by atoms with van der Waals surface area (Å²) in [6.07, 6.45) is 1.51. The maximum Gasteiger partial charge on any atom is 0.363 e. The minimum absolute atomic E-state index is 0.152. The van der Waals surface area contributed by atoms with E-state index in [1.165, 1.54) is 30.3 Å². The van der Waals surface area contributed by atoms with Gasteiger partial charge in [0.25, 0.3) is 0 Å². The molecule has 20 heavy (non-hydrogen) atoms. The Hall–Kier alpha value is -2.69. The predicted molar refractivity (Wildman–Crippen MR) is 70.5 cm³/mol. The first kappa shape index (κ1) is 12.3. The molecule has 0 bridgehead atoms. The second-order valence-corrected chi connectivity index (χ2v) is 4.29. The Morgan fingerprint density at radius 3 is 2.55 bits per heavy atom. The van der Waals surface area contributed by atoms with Gasteiger partial charge in [0.1, 0.15) is 17.3 Å². The first-order valence-corrected chi connectivity index (χ1v) is 5.97. The lowest BCUT2D eigenvalue weighted by Gasteiger charge is -1.98. The summed E-state index contributed by atoms with van der Waals surface area (Å²) in [6.45, 7) is 1.81. The molecule has 1 aromatic carbocycles. The number of furan rings is 1. The van der Waals surface area contributed by atoms with E-state index in [0.29, 0.717) is 11.3 Å². The highest BCUT2D eigenvalue weighted by molar-refractivity contribution is 6.12. The van der Waals surface area contributed by atoms with Crippen molar-refractivity contribution >= 4 is 17.9 Å². The first-order valence-electron chi connectivity index (χ1n) is 5.97. The van der Waals surface area contributed by atoms with Gasteiger partial charge < -0.3 is 9.15 Å². The number of benzene rings is 1. The number of aliphatic imine (C=N–C) groups is 1. The highest BCUT2D eigenvalue weighted by Gasteiger charge is 2.24. The summed E-state index contributed by atoms with van der Waals surface area (Å²) in [6, 6.07) is 9.09. The Morgan fingerprint density at radius 2 is 1.90 bits per heavy atom. The van der Waals surface area contributed by atoms with Crippen LogP contribution in [0, 0.1) is 12.7 Å². The number of rotatable bonds is 2. The van der Waals surface area contributed by atoms with Crippen molar-refractivity contribution in [2.24, 2.45) is 4.99 Å². The zero-order valence-corrected chi connectivity index (χ0v) is 10.6. The van der Waals surface area contributed by atoms with Crippen LogP contribution in [0.3, 0.4) is 0 Å². The third kappa shape index (κ3) is 2.38. The average Bonchev–Trinajstić information content (AvgIpc) is 2.98. The van der Waals surface area contributed by atoms with Gasteiger partial charge in [-0.05, 0) is 43.3 Å². The van der Waals surface area contributed by atoms with E-state index in [1.807, 2.05) is 6.92 Å². The van der Waals surface area contributed by atoms with Crippen LogP contribution in [0.4, 0.5) is 4.39 Å². The van der Waals surface area contributed by atoms with Gasteiger partial charge in [-0.3, -0.25) is 0 Å². The predicted octanol–water partition coefficient (Wildman–Crippen LogP) is 3.07. The molecule has 4 nitrogen and oxygen atoms in total. The number of carbonyl (C=O) groups excluding carboxylic acids is 1. The molecule has 0 saturated heterocycles. The number of halogens is 1. The topological polar surface area (TPSA) is 51.8 Å². The number of nitrogens with zero attached hydrogens (tertiary/aromatic N) is 1. The van der Waals surface area contributed by atoms with Crippen LogP contribution in [-0.2, 0) is 9.53 Å². The molecular formula is C15H10FNO3. The monoisotopic (exact) mass is 271 g/mol. The Balaban J connectivity index is 1.92. The van der Waals surface area contributed by atoms with Crippen LogP contribution in [0.25, 0.3) is 6.08 Å². The van der Waals surface area contributed by atoms with E-state index in [9.17, 15) is 9.18 Å². The first-order chi connectivity index (χ1) is 9.61. The van der Waals surface area contributed by atoms with Crippen molar-refractivity contribution in [1.29, 1.82) is 0 Å². The molecule has 1 aliphatic rings. The van der Waals surface area contributed by atoms with Crippen molar-refractivity contribution < 1.29 is 18.3 Å². The lowest BCUT2D eigenvalue weighted by Crippen LogP contribution is -2.05. The highest BCUT2D eigenvalue weighted by Crippen LogP contribution is 2.20. The highest BCUT2D eigenvalue weighted by atomic mass is 19.1. The lowest BCUT2D eigenvalue weighted by molar-refractivity contribution is -0.129. The summed E-state index contributed by atoms with van der Waals surface area (Å²) in [7, 11) is 0. The number of hydrogen-bond donors (Lipinski definition) is 0. The maximum absolute atomic E-state index is 12.8. The molecule has 0 amide bonds. The number of carbonyl (C=O) groups is 1. The Labute approximate surface area is 114 Å². The van der Waals surface area contributed by atoms with Gasteiger partial charge in [0, 0.05) is 11.6 Å². The Bertz CT molecular complexity index is 726. The molecule has 100 valence electrons. The Kier molecular flexibility index (Phi) is 2.95. The molecule has 0 atom stereocenters. The van der Waals surface area contributed by atoms with Crippen molar-refractivity contribution in [3.05, 3.63) is 65.0 Å².